The monoisotopic (exact) mass is 522 g/mol. The van der Waals surface area contributed by atoms with Crippen LogP contribution in [0.2, 0.25) is 0 Å². The topological polar surface area (TPSA) is 106 Å². The van der Waals surface area contributed by atoms with Crippen molar-refractivity contribution in [2.24, 2.45) is 0 Å². The van der Waals surface area contributed by atoms with Crippen molar-refractivity contribution in [1.82, 2.24) is 4.98 Å². The normalized spacial score (nSPS) is 20.2. The predicted molar refractivity (Wildman–Crippen MR) is 134 cm³/mol. The molecule has 1 N–H and O–H groups in total. The number of benzene rings is 2. The molecule has 0 saturated carbocycles. The fourth-order valence-corrected chi connectivity index (χ4v) is 5.60. The molecule has 1 amide bonds. The lowest BCUT2D eigenvalue weighted by Gasteiger charge is -2.23. The molecular formula is C27H23FN2O6S. The Kier molecular flexibility index (Phi) is 6.28. The van der Waals surface area contributed by atoms with Crippen molar-refractivity contribution >= 4 is 39.9 Å². The molecule has 2 atom stereocenters. The molecule has 1 saturated heterocycles. The number of aryl methyl sites for hydroxylation is 1. The summed E-state index contributed by atoms with van der Waals surface area (Å²) in [5.41, 5.74) is 1.20. The van der Waals surface area contributed by atoms with Crippen LogP contribution in [0.25, 0.3) is 5.76 Å². The number of anilines is 1. The Morgan fingerprint density at radius 1 is 1.27 bits per heavy atom. The van der Waals surface area contributed by atoms with E-state index in [4.69, 9.17) is 9.47 Å². The van der Waals surface area contributed by atoms with Gasteiger partial charge in [-0.3, -0.25) is 14.5 Å². The number of rotatable bonds is 5. The van der Waals surface area contributed by atoms with Gasteiger partial charge < -0.3 is 14.6 Å². The number of nitrogens with zero attached hydrogens (tertiary/aromatic N) is 2. The van der Waals surface area contributed by atoms with Gasteiger partial charge in [0.25, 0.3) is 5.78 Å². The van der Waals surface area contributed by atoms with Gasteiger partial charge >= 0.3 is 11.9 Å². The van der Waals surface area contributed by atoms with Crippen molar-refractivity contribution < 1.29 is 33.4 Å². The number of ketones is 1. The second-order valence-corrected chi connectivity index (χ2v) is 9.75. The van der Waals surface area contributed by atoms with Crippen LogP contribution in [-0.4, -0.2) is 40.5 Å². The van der Waals surface area contributed by atoms with Gasteiger partial charge in [0.1, 0.15) is 34.3 Å². The van der Waals surface area contributed by atoms with E-state index in [0.29, 0.717) is 23.4 Å². The van der Waals surface area contributed by atoms with Crippen LogP contribution in [0, 0.1) is 12.7 Å². The lowest BCUT2D eigenvalue weighted by atomic mass is 9.94. The molecule has 37 heavy (non-hydrogen) atoms. The van der Waals surface area contributed by atoms with Crippen molar-refractivity contribution in [2.45, 2.75) is 39.3 Å². The zero-order valence-corrected chi connectivity index (χ0v) is 21.1. The number of hydrogen-bond donors (Lipinski definition) is 1. The molecule has 1 fully saturated rings. The highest BCUT2D eigenvalue weighted by Gasteiger charge is 2.49. The van der Waals surface area contributed by atoms with Crippen molar-refractivity contribution in [1.29, 1.82) is 0 Å². The maximum absolute atomic E-state index is 15.1. The number of halogens is 1. The van der Waals surface area contributed by atoms with E-state index in [1.54, 1.807) is 38.1 Å². The van der Waals surface area contributed by atoms with Crippen molar-refractivity contribution in [3.63, 3.8) is 0 Å². The molecule has 190 valence electrons. The van der Waals surface area contributed by atoms with Gasteiger partial charge in [-0.2, -0.15) is 0 Å². The Labute approximate surface area is 216 Å². The van der Waals surface area contributed by atoms with Crippen LogP contribution in [0.4, 0.5) is 9.52 Å². The molecule has 1 aromatic heterocycles. The average molecular weight is 523 g/mol. The van der Waals surface area contributed by atoms with Crippen LogP contribution in [0.1, 0.15) is 51.9 Å². The van der Waals surface area contributed by atoms with Gasteiger partial charge in [0.2, 0.25) is 0 Å². The van der Waals surface area contributed by atoms with E-state index in [1.165, 1.54) is 18.2 Å². The number of fused-ring (bicyclic) bond motifs is 1. The second kappa shape index (κ2) is 9.44. The summed E-state index contributed by atoms with van der Waals surface area (Å²) >= 11 is 0.865. The number of ether oxygens (including phenoxy) is 2. The summed E-state index contributed by atoms with van der Waals surface area (Å²) < 4.78 is 25.9. The Morgan fingerprint density at radius 3 is 2.76 bits per heavy atom. The highest BCUT2D eigenvalue weighted by molar-refractivity contribution is 7.17. The van der Waals surface area contributed by atoms with Crippen LogP contribution in [0.5, 0.6) is 5.75 Å². The molecule has 2 aliphatic rings. The van der Waals surface area contributed by atoms with Gasteiger partial charge in [-0.1, -0.05) is 29.5 Å². The lowest BCUT2D eigenvalue weighted by Crippen LogP contribution is -2.29. The minimum absolute atomic E-state index is 0.00639. The lowest BCUT2D eigenvalue weighted by molar-refractivity contribution is -0.132. The summed E-state index contributed by atoms with van der Waals surface area (Å²) in [5.74, 6) is -3.01. The minimum atomic E-state index is -1.30. The van der Waals surface area contributed by atoms with E-state index in [-0.39, 0.29) is 33.9 Å². The molecule has 5 rings (SSSR count). The third-order valence-corrected chi connectivity index (χ3v) is 7.40. The van der Waals surface area contributed by atoms with E-state index in [9.17, 15) is 19.5 Å². The van der Waals surface area contributed by atoms with Crippen LogP contribution in [0.3, 0.4) is 0 Å². The fraction of sp³-hybridized carbons (Fsp3) is 0.259. The van der Waals surface area contributed by atoms with E-state index in [1.807, 2.05) is 6.92 Å². The first-order valence-electron chi connectivity index (χ1n) is 11.7. The number of hydrogen-bond acceptors (Lipinski definition) is 8. The van der Waals surface area contributed by atoms with Crippen LogP contribution < -0.4 is 9.64 Å². The van der Waals surface area contributed by atoms with Crippen molar-refractivity contribution in [3.05, 3.63) is 81.1 Å². The fourth-order valence-electron chi connectivity index (χ4n) is 4.62. The Hall–Kier alpha value is -4.05. The van der Waals surface area contributed by atoms with Crippen molar-refractivity contribution in [2.75, 3.05) is 11.5 Å². The maximum Gasteiger partial charge on any atom is 0.350 e. The molecule has 10 heteroatoms. The molecule has 0 spiro atoms. The standard InChI is InChI=1S/C27H23FN2O6S/c1-4-35-26(34)24-14(3)29-27(37-24)30-21(17-7-5-6-8-18(17)28)20(23(32)25(30)33)22(31)15-9-10-19-16(12-15)11-13(2)36-19/h5-10,12-13,21,31H,4,11H2,1-3H3/b22-20+/t13-,21-/m0/s1. The smallest absolute Gasteiger partial charge is 0.350 e. The van der Waals surface area contributed by atoms with E-state index in [2.05, 4.69) is 4.98 Å². The number of carbonyl (C=O) groups excluding carboxylic acids is 3. The summed E-state index contributed by atoms with van der Waals surface area (Å²) in [7, 11) is 0. The number of carbonyl (C=O) groups is 3. The molecule has 0 unspecified atom stereocenters. The molecule has 0 aliphatic carbocycles. The zero-order chi connectivity index (χ0) is 26.4. The molecule has 3 heterocycles. The highest BCUT2D eigenvalue weighted by atomic mass is 32.1. The number of aliphatic hydroxyl groups excluding tert-OH is 1. The molecule has 3 aromatic rings. The van der Waals surface area contributed by atoms with Gasteiger partial charge in [-0.25, -0.2) is 14.2 Å². The van der Waals surface area contributed by atoms with Gasteiger partial charge in [0.05, 0.1) is 17.9 Å². The van der Waals surface area contributed by atoms with Gasteiger partial charge in [-0.05, 0) is 50.6 Å². The summed E-state index contributed by atoms with van der Waals surface area (Å²) in [5, 5.41) is 11.4. The Morgan fingerprint density at radius 2 is 2.03 bits per heavy atom. The summed E-state index contributed by atoms with van der Waals surface area (Å²) in [6.07, 6.45) is 0.592. The largest absolute Gasteiger partial charge is 0.507 e. The number of amides is 1. The summed E-state index contributed by atoms with van der Waals surface area (Å²) in [6.45, 7) is 5.31. The van der Waals surface area contributed by atoms with Gasteiger partial charge in [-0.15, -0.1) is 0 Å². The third-order valence-electron chi connectivity index (χ3n) is 6.27. The van der Waals surface area contributed by atoms with E-state index in [0.717, 1.165) is 21.8 Å². The van der Waals surface area contributed by atoms with E-state index >= 15 is 4.39 Å². The molecule has 0 radical (unpaired) electrons. The van der Waals surface area contributed by atoms with Crippen molar-refractivity contribution in [3.8, 4) is 5.75 Å². The molecule has 0 bridgehead atoms. The first-order valence-corrected chi connectivity index (χ1v) is 12.5. The summed E-state index contributed by atoms with van der Waals surface area (Å²) in [6, 6.07) is 9.39. The number of thiazole rings is 1. The number of esters is 1. The van der Waals surface area contributed by atoms with E-state index < -0.39 is 35.3 Å². The minimum Gasteiger partial charge on any atom is -0.507 e. The molecular weight excluding hydrogens is 499 g/mol. The quantitative estimate of drug-likeness (QED) is 0.224. The third kappa shape index (κ3) is 4.17. The zero-order valence-electron chi connectivity index (χ0n) is 20.3. The average Bonchev–Trinajstić information content (AvgIpc) is 3.51. The Balaban J connectivity index is 1.68. The summed E-state index contributed by atoms with van der Waals surface area (Å²) in [4.78, 5) is 44.6. The maximum atomic E-state index is 15.1. The van der Waals surface area contributed by atoms with Gasteiger partial charge in [0, 0.05) is 17.5 Å². The van der Waals surface area contributed by atoms with Crippen LogP contribution in [0.15, 0.2) is 48.0 Å². The molecule has 2 aliphatic heterocycles. The number of aliphatic hydroxyl groups is 1. The highest BCUT2D eigenvalue weighted by Crippen LogP contribution is 2.45. The molecule has 2 aromatic carbocycles. The van der Waals surface area contributed by atoms with Gasteiger partial charge in [0.15, 0.2) is 5.13 Å². The van der Waals surface area contributed by atoms with Crippen LogP contribution >= 0.6 is 11.3 Å². The van der Waals surface area contributed by atoms with Crippen LogP contribution in [-0.2, 0) is 20.7 Å². The SMILES string of the molecule is CCOC(=O)c1sc(N2C(=O)C(=O)/C(=C(/O)c3ccc4c(c3)C[C@H](C)O4)[C@@H]2c2ccccc2F)nc1C. The Bertz CT molecular complexity index is 1480. The number of Topliss-reactive ketones (excluding diaryl/α,β-unsaturated/α-hetero) is 1. The number of aromatic nitrogens is 1. The molecule has 8 nitrogen and oxygen atoms in total. The first kappa shape index (κ1) is 24.6. The second-order valence-electron chi connectivity index (χ2n) is 8.78. The predicted octanol–water partition coefficient (Wildman–Crippen LogP) is 4.72. The first-order chi connectivity index (χ1) is 17.7.